The number of aliphatic imine (C=N–C) groups is 1. The van der Waals surface area contributed by atoms with Crippen LogP contribution in [-0.2, 0) is 17.5 Å². The van der Waals surface area contributed by atoms with E-state index in [-0.39, 0.29) is 13.1 Å². The lowest BCUT2D eigenvalue weighted by molar-refractivity contribution is -0.137. The lowest BCUT2D eigenvalue weighted by Crippen LogP contribution is -2.32. The highest BCUT2D eigenvalue weighted by molar-refractivity contribution is 6.20. The number of halogens is 3. The summed E-state index contributed by atoms with van der Waals surface area (Å²) < 4.78 is 50.6. The zero-order chi connectivity index (χ0) is 25.2. The second kappa shape index (κ2) is 9.50. The maximum Gasteiger partial charge on any atom is 0.416 e. The largest absolute Gasteiger partial charge is 0.493 e. The molecule has 1 aliphatic heterocycles. The Hall–Kier alpha value is -4.32. The molecule has 0 fully saturated rings. The molecule has 1 heterocycles. The van der Waals surface area contributed by atoms with Crippen molar-refractivity contribution in [1.82, 2.24) is 0 Å². The van der Waals surface area contributed by atoms with Gasteiger partial charge in [-0.05, 0) is 35.9 Å². The number of anilines is 1. The number of ether oxygens (including phenoxy) is 2. The lowest BCUT2D eigenvalue weighted by Gasteiger charge is -2.25. The minimum Gasteiger partial charge on any atom is -0.493 e. The van der Waals surface area contributed by atoms with Crippen molar-refractivity contribution in [3.05, 3.63) is 88.5 Å². The van der Waals surface area contributed by atoms with Crippen molar-refractivity contribution >= 4 is 17.3 Å². The summed E-state index contributed by atoms with van der Waals surface area (Å²) in [6, 6.07) is 17.0. The maximum atomic E-state index is 13.3. The number of methoxy groups -OCH3 is 2. The van der Waals surface area contributed by atoms with E-state index in [0.717, 1.165) is 12.1 Å². The highest BCUT2D eigenvalue weighted by Gasteiger charge is 2.32. The summed E-state index contributed by atoms with van der Waals surface area (Å²) in [6.07, 6.45) is -4.50. The fourth-order valence-electron chi connectivity index (χ4n) is 3.92. The Labute approximate surface area is 199 Å². The van der Waals surface area contributed by atoms with Crippen molar-refractivity contribution < 1.29 is 27.4 Å². The predicted octanol–water partition coefficient (Wildman–Crippen LogP) is 4.98. The number of nitrogens with zero attached hydrogens (tertiary/aromatic N) is 3. The van der Waals surface area contributed by atoms with Gasteiger partial charge in [0.25, 0.3) is 0 Å². The first-order valence-corrected chi connectivity index (χ1v) is 10.5. The van der Waals surface area contributed by atoms with Crippen molar-refractivity contribution in [3.8, 4) is 17.6 Å². The second-order valence-corrected chi connectivity index (χ2v) is 7.76. The molecule has 0 bridgehead atoms. The number of hydrogen-bond donors (Lipinski definition) is 0. The summed E-state index contributed by atoms with van der Waals surface area (Å²) >= 11 is 0. The molecule has 1 aliphatic rings. The van der Waals surface area contributed by atoms with E-state index in [4.69, 9.17) is 9.47 Å². The minimum absolute atomic E-state index is 0.105. The number of carbonyl (C=O) groups excluding carboxylic acids is 1. The smallest absolute Gasteiger partial charge is 0.416 e. The Morgan fingerprint density at radius 3 is 2.43 bits per heavy atom. The van der Waals surface area contributed by atoms with E-state index in [1.165, 1.54) is 31.3 Å². The molecule has 0 N–H and O–H groups in total. The average molecular weight is 479 g/mol. The average Bonchev–Trinajstić information content (AvgIpc) is 2.99. The molecule has 178 valence electrons. The fraction of sp³-hybridized carbons (Fsp3) is 0.192. The van der Waals surface area contributed by atoms with E-state index in [0.29, 0.717) is 45.2 Å². The van der Waals surface area contributed by atoms with Crippen LogP contribution in [0.25, 0.3) is 0 Å². The van der Waals surface area contributed by atoms with Crippen LogP contribution < -0.4 is 14.4 Å². The van der Waals surface area contributed by atoms with Crippen LogP contribution >= 0.6 is 0 Å². The van der Waals surface area contributed by atoms with Crippen LogP contribution in [0.1, 0.15) is 27.8 Å². The summed E-state index contributed by atoms with van der Waals surface area (Å²) in [4.78, 5) is 19.1. The first-order valence-electron chi connectivity index (χ1n) is 10.5. The Balaban J connectivity index is 1.87. The summed E-state index contributed by atoms with van der Waals surface area (Å²) in [5.74, 6) is 0.339. The van der Waals surface area contributed by atoms with E-state index >= 15 is 0 Å². The standard InChI is InChI=1S/C26H20F3N3O3/c1-34-22-11-20-21(12-23(22)35-2)32(15-17-6-4-8-19(10-17)26(27,28)29)24(33)14-31-25(20)18-7-3-5-16(9-18)13-30/h3-12H,14-15H2,1-2H3. The third kappa shape index (κ3) is 4.82. The van der Waals surface area contributed by atoms with Crippen molar-refractivity contribution in [2.24, 2.45) is 4.99 Å². The maximum absolute atomic E-state index is 13.3. The Bertz CT molecular complexity index is 1360. The quantitative estimate of drug-likeness (QED) is 0.518. The first-order chi connectivity index (χ1) is 16.7. The number of fused-ring (bicyclic) bond motifs is 1. The number of benzodiazepines with no additional fused rings is 1. The molecule has 0 saturated heterocycles. The van der Waals surface area contributed by atoms with Crippen LogP contribution in [0, 0.1) is 11.3 Å². The highest BCUT2D eigenvalue weighted by Crippen LogP contribution is 2.39. The molecular weight excluding hydrogens is 459 g/mol. The number of hydrogen-bond acceptors (Lipinski definition) is 5. The van der Waals surface area contributed by atoms with Crippen LogP contribution in [-0.4, -0.2) is 32.4 Å². The van der Waals surface area contributed by atoms with E-state index in [1.807, 2.05) is 0 Å². The second-order valence-electron chi connectivity index (χ2n) is 7.76. The number of benzene rings is 3. The highest BCUT2D eigenvalue weighted by atomic mass is 19.4. The SMILES string of the molecule is COc1cc2c(cc1OC)N(Cc1cccc(C(F)(F)F)c1)C(=O)CN=C2c1cccc(C#N)c1. The van der Waals surface area contributed by atoms with Gasteiger partial charge in [0.05, 0.1) is 49.4 Å². The molecule has 3 aromatic rings. The lowest BCUT2D eigenvalue weighted by atomic mass is 9.98. The van der Waals surface area contributed by atoms with Crippen LogP contribution in [0.2, 0.25) is 0 Å². The van der Waals surface area contributed by atoms with E-state index in [9.17, 15) is 23.2 Å². The third-order valence-corrected chi connectivity index (χ3v) is 5.58. The number of amides is 1. The van der Waals surface area contributed by atoms with Gasteiger partial charge in [0.1, 0.15) is 6.54 Å². The van der Waals surface area contributed by atoms with Gasteiger partial charge in [-0.1, -0.05) is 24.3 Å². The molecule has 6 nitrogen and oxygen atoms in total. The molecule has 0 spiro atoms. The topological polar surface area (TPSA) is 74.9 Å². The molecule has 35 heavy (non-hydrogen) atoms. The molecule has 3 aromatic carbocycles. The Morgan fingerprint density at radius 2 is 1.74 bits per heavy atom. The molecule has 4 rings (SSSR count). The molecule has 0 atom stereocenters. The first kappa shape index (κ1) is 23.8. The molecule has 0 saturated carbocycles. The van der Waals surface area contributed by atoms with E-state index in [2.05, 4.69) is 11.1 Å². The van der Waals surface area contributed by atoms with E-state index in [1.54, 1.807) is 36.4 Å². The minimum atomic E-state index is -4.50. The molecule has 0 radical (unpaired) electrons. The number of rotatable bonds is 5. The zero-order valence-corrected chi connectivity index (χ0v) is 18.9. The van der Waals surface area contributed by atoms with Gasteiger partial charge in [0.2, 0.25) is 5.91 Å². The van der Waals surface area contributed by atoms with Gasteiger partial charge in [0, 0.05) is 17.2 Å². The predicted molar refractivity (Wildman–Crippen MR) is 124 cm³/mol. The van der Waals surface area contributed by atoms with Gasteiger partial charge in [-0.25, -0.2) is 0 Å². The molecular formula is C26H20F3N3O3. The van der Waals surface area contributed by atoms with Crippen molar-refractivity contribution in [2.45, 2.75) is 12.7 Å². The normalized spacial score (nSPS) is 13.4. The number of alkyl halides is 3. The monoisotopic (exact) mass is 479 g/mol. The third-order valence-electron chi connectivity index (χ3n) is 5.58. The van der Waals surface area contributed by atoms with Crippen LogP contribution in [0.15, 0.2) is 65.7 Å². The van der Waals surface area contributed by atoms with E-state index < -0.39 is 17.6 Å². The van der Waals surface area contributed by atoms with Crippen molar-refractivity contribution in [3.63, 3.8) is 0 Å². The van der Waals surface area contributed by atoms with Crippen molar-refractivity contribution in [1.29, 1.82) is 5.26 Å². The van der Waals surface area contributed by atoms with Gasteiger partial charge >= 0.3 is 6.18 Å². The van der Waals surface area contributed by atoms with Crippen LogP contribution in [0.5, 0.6) is 11.5 Å². The van der Waals surface area contributed by atoms with Gasteiger partial charge < -0.3 is 14.4 Å². The molecule has 9 heteroatoms. The van der Waals surface area contributed by atoms with Crippen LogP contribution in [0.3, 0.4) is 0 Å². The Morgan fingerprint density at radius 1 is 1.03 bits per heavy atom. The Kier molecular flexibility index (Phi) is 6.47. The van der Waals surface area contributed by atoms with Crippen LogP contribution in [0.4, 0.5) is 18.9 Å². The molecule has 0 unspecified atom stereocenters. The van der Waals surface area contributed by atoms with Gasteiger partial charge in [-0.2, -0.15) is 18.4 Å². The molecule has 0 aromatic heterocycles. The molecule has 1 amide bonds. The summed E-state index contributed by atoms with van der Waals surface area (Å²) in [5, 5.41) is 9.32. The van der Waals surface area contributed by atoms with Gasteiger partial charge in [0.15, 0.2) is 11.5 Å². The summed E-state index contributed by atoms with van der Waals surface area (Å²) in [6.45, 7) is -0.337. The summed E-state index contributed by atoms with van der Waals surface area (Å²) in [7, 11) is 2.92. The zero-order valence-electron chi connectivity index (χ0n) is 18.9. The van der Waals surface area contributed by atoms with Gasteiger partial charge in [-0.3, -0.25) is 9.79 Å². The fourth-order valence-corrected chi connectivity index (χ4v) is 3.92. The number of carbonyl (C=O) groups is 1. The van der Waals surface area contributed by atoms with Gasteiger partial charge in [-0.15, -0.1) is 0 Å². The van der Waals surface area contributed by atoms with Crippen molar-refractivity contribution in [2.75, 3.05) is 25.7 Å². The summed E-state index contributed by atoms with van der Waals surface area (Å²) in [5.41, 5.74) is 1.94. The number of nitriles is 1. The molecule has 0 aliphatic carbocycles.